The highest BCUT2D eigenvalue weighted by molar-refractivity contribution is 5.95. The number of para-hydroxylation sites is 1. The van der Waals surface area contributed by atoms with Gasteiger partial charge in [-0.25, -0.2) is 0 Å². The molecule has 1 saturated heterocycles. The summed E-state index contributed by atoms with van der Waals surface area (Å²) in [6.07, 6.45) is 1.43. The zero-order valence-corrected chi connectivity index (χ0v) is 21.6. The van der Waals surface area contributed by atoms with Crippen LogP contribution in [0.2, 0.25) is 0 Å². The summed E-state index contributed by atoms with van der Waals surface area (Å²) in [5, 5.41) is 17.2. The van der Waals surface area contributed by atoms with Crippen LogP contribution in [0.15, 0.2) is 60.7 Å². The number of hydrogen-bond donors (Lipinski definition) is 3. The first kappa shape index (κ1) is 26.6. The van der Waals surface area contributed by atoms with Gasteiger partial charge in [-0.3, -0.25) is 14.4 Å². The van der Waals surface area contributed by atoms with Gasteiger partial charge in [0.15, 0.2) is 5.82 Å². The second-order valence-corrected chi connectivity index (χ2v) is 9.04. The molecule has 0 saturated carbocycles. The molecule has 0 bridgehead atoms. The van der Waals surface area contributed by atoms with Gasteiger partial charge in [-0.05, 0) is 61.4 Å². The fraction of sp³-hybridized carbons (Fsp3) is 0.321. The van der Waals surface area contributed by atoms with Crippen molar-refractivity contribution in [2.75, 3.05) is 43.5 Å². The highest BCUT2D eigenvalue weighted by Gasteiger charge is 2.25. The predicted molar refractivity (Wildman–Crippen MR) is 145 cm³/mol. The van der Waals surface area contributed by atoms with E-state index in [4.69, 9.17) is 4.74 Å². The highest BCUT2D eigenvalue weighted by Crippen LogP contribution is 2.29. The van der Waals surface area contributed by atoms with Crippen molar-refractivity contribution >= 4 is 29.2 Å². The van der Waals surface area contributed by atoms with Gasteiger partial charge in [-0.15, -0.1) is 10.2 Å². The van der Waals surface area contributed by atoms with E-state index in [2.05, 4.69) is 31.0 Å². The molecule has 0 aliphatic carbocycles. The van der Waals surface area contributed by atoms with Crippen molar-refractivity contribution in [3.63, 3.8) is 0 Å². The average Bonchev–Trinajstić information content (AvgIpc) is 2.95. The molecule has 3 amide bonds. The van der Waals surface area contributed by atoms with Crippen LogP contribution in [0.5, 0.6) is 5.75 Å². The Hall–Kier alpha value is -4.47. The normalized spacial score (nSPS) is 13.5. The van der Waals surface area contributed by atoms with Crippen molar-refractivity contribution in [3.05, 3.63) is 66.2 Å². The summed E-state index contributed by atoms with van der Waals surface area (Å²) in [5.74, 6) is 1.05. The van der Waals surface area contributed by atoms with Gasteiger partial charge < -0.3 is 25.6 Å². The molecule has 3 N–H and O–H groups in total. The second-order valence-electron chi connectivity index (χ2n) is 9.04. The lowest BCUT2D eigenvalue weighted by atomic mass is 9.96. The molecule has 2 heterocycles. The first-order valence-corrected chi connectivity index (χ1v) is 12.6. The Morgan fingerprint density at radius 2 is 1.63 bits per heavy atom. The molecule has 198 valence electrons. The quantitative estimate of drug-likeness (QED) is 0.374. The highest BCUT2D eigenvalue weighted by atomic mass is 16.5. The van der Waals surface area contributed by atoms with Crippen LogP contribution in [0.25, 0.3) is 11.3 Å². The SMILES string of the molecule is COc1ccccc1-c1ccc(N2CCC(C(=O)NCCNC(=O)c3ccc(NC(C)=O)cc3)CC2)nn1. The minimum atomic E-state index is -0.236. The van der Waals surface area contributed by atoms with E-state index in [9.17, 15) is 14.4 Å². The molecule has 0 unspecified atom stereocenters. The van der Waals surface area contributed by atoms with Gasteiger partial charge in [0, 0.05) is 55.8 Å². The lowest BCUT2D eigenvalue weighted by Gasteiger charge is -2.31. The van der Waals surface area contributed by atoms with Crippen LogP contribution in [0.3, 0.4) is 0 Å². The first-order chi connectivity index (χ1) is 18.4. The van der Waals surface area contributed by atoms with Gasteiger partial charge in [-0.2, -0.15) is 0 Å². The number of piperidine rings is 1. The van der Waals surface area contributed by atoms with Gasteiger partial charge in [0.2, 0.25) is 11.8 Å². The van der Waals surface area contributed by atoms with Gasteiger partial charge in [-0.1, -0.05) is 12.1 Å². The molecule has 0 atom stereocenters. The number of carbonyl (C=O) groups is 3. The van der Waals surface area contributed by atoms with Crippen molar-refractivity contribution in [2.45, 2.75) is 19.8 Å². The number of methoxy groups -OCH3 is 1. The van der Waals surface area contributed by atoms with Gasteiger partial charge in [0.05, 0.1) is 12.8 Å². The molecule has 0 spiro atoms. The van der Waals surface area contributed by atoms with E-state index in [1.165, 1.54) is 6.92 Å². The first-order valence-electron chi connectivity index (χ1n) is 12.6. The zero-order valence-electron chi connectivity index (χ0n) is 21.6. The summed E-state index contributed by atoms with van der Waals surface area (Å²) >= 11 is 0. The smallest absolute Gasteiger partial charge is 0.251 e. The maximum Gasteiger partial charge on any atom is 0.251 e. The zero-order chi connectivity index (χ0) is 26.9. The van der Waals surface area contributed by atoms with Gasteiger partial charge >= 0.3 is 0 Å². The van der Waals surface area contributed by atoms with Crippen molar-refractivity contribution in [1.82, 2.24) is 20.8 Å². The number of ether oxygens (including phenoxy) is 1. The van der Waals surface area contributed by atoms with Crippen LogP contribution in [0, 0.1) is 5.92 Å². The van der Waals surface area contributed by atoms with Crippen LogP contribution >= 0.6 is 0 Å². The van der Waals surface area contributed by atoms with Crippen LogP contribution in [-0.4, -0.2) is 61.2 Å². The molecular weight excluding hydrogens is 484 g/mol. The third-order valence-electron chi connectivity index (χ3n) is 6.40. The Labute approximate surface area is 221 Å². The van der Waals surface area contributed by atoms with Crippen molar-refractivity contribution in [2.24, 2.45) is 5.92 Å². The van der Waals surface area contributed by atoms with Crippen LogP contribution < -0.4 is 25.6 Å². The lowest BCUT2D eigenvalue weighted by molar-refractivity contribution is -0.125. The maximum absolute atomic E-state index is 12.6. The number of amides is 3. The lowest BCUT2D eigenvalue weighted by Crippen LogP contribution is -2.42. The van der Waals surface area contributed by atoms with Crippen molar-refractivity contribution in [3.8, 4) is 17.0 Å². The fourth-order valence-corrected chi connectivity index (χ4v) is 4.38. The number of benzene rings is 2. The molecule has 2 aromatic carbocycles. The monoisotopic (exact) mass is 516 g/mol. The fourth-order valence-electron chi connectivity index (χ4n) is 4.38. The largest absolute Gasteiger partial charge is 0.496 e. The van der Waals surface area contributed by atoms with Crippen molar-refractivity contribution < 1.29 is 19.1 Å². The summed E-state index contributed by atoms with van der Waals surface area (Å²) < 4.78 is 5.41. The molecule has 1 aliphatic heterocycles. The predicted octanol–water partition coefficient (Wildman–Crippen LogP) is 2.87. The van der Waals surface area contributed by atoms with E-state index in [0.29, 0.717) is 37.4 Å². The summed E-state index contributed by atoms with van der Waals surface area (Å²) in [7, 11) is 1.63. The third kappa shape index (κ3) is 6.84. The van der Waals surface area contributed by atoms with Crippen LogP contribution in [-0.2, 0) is 9.59 Å². The summed E-state index contributed by atoms with van der Waals surface area (Å²) in [5.41, 5.74) is 2.75. The number of nitrogens with one attached hydrogen (secondary N) is 3. The number of hydrogen-bond acceptors (Lipinski definition) is 7. The molecule has 4 rings (SSSR count). The summed E-state index contributed by atoms with van der Waals surface area (Å²) in [6.45, 7) is 3.53. The third-order valence-corrected chi connectivity index (χ3v) is 6.40. The molecule has 10 nitrogen and oxygen atoms in total. The van der Waals surface area contributed by atoms with E-state index in [0.717, 1.165) is 35.7 Å². The van der Waals surface area contributed by atoms with E-state index >= 15 is 0 Å². The van der Waals surface area contributed by atoms with E-state index < -0.39 is 0 Å². The van der Waals surface area contributed by atoms with E-state index in [1.807, 2.05) is 36.4 Å². The number of carbonyl (C=O) groups excluding carboxylic acids is 3. The minimum Gasteiger partial charge on any atom is -0.496 e. The molecular formula is C28H32N6O4. The molecule has 3 aromatic rings. The van der Waals surface area contributed by atoms with E-state index in [-0.39, 0.29) is 23.6 Å². The second kappa shape index (κ2) is 12.7. The molecule has 0 radical (unpaired) electrons. The van der Waals surface area contributed by atoms with Crippen molar-refractivity contribution in [1.29, 1.82) is 0 Å². The molecule has 1 aromatic heterocycles. The summed E-state index contributed by atoms with van der Waals surface area (Å²) in [6, 6.07) is 18.2. The Morgan fingerprint density at radius 3 is 2.29 bits per heavy atom. The minimum absolute atomic E-state index is 0.00355. The van der Waals surface area contributed by atoms with Crippen LogP contribution in [0.1, 0.15) is 30.1 Å². The Bertz CT molecular complexity index is 1260. The molecule has 38 heavy (non-hydrogen) atoms. The average molecular weight is 517 g/mol. The number of nitrogens with zero attached hydrogens (tertiary/aromatic N) is 3. The maximum atomic E-state index is 12.6. The molecule has 1 aliphatic rings. The van der Waals surface area contributed by atoms with Crippen LogP contribution in [0.4, 0.5) is 11.5 Å². The van der Waals surface area contributed by atoms with Gasteiger partial charge in [0.1, 0.15) is 5.75 Å². The summed E-state index contributed by atoms with van der Waals surface area (Å²) in [4.78, 5) is 38.2. The number of rotatable bonds is 9. The van der Waals surface area contributed by atoms with Gasteiger partial charge in [0.25, 0.3) is 5.91 Å². The number of aromatic nitrogens is 2. The number of anilines is 2. The molecule has 10 heteroatoms. The standard InChI is InChI=1S/C28H32N6O4/c1-19(35)31-22-9-7-20(8-10-22)27(36)29-15-16-30-28(37)21-13-17-34(18-14-21)26-12-11-24(32-33-26)23-5-3-4-6-25(23)38-2/h3-12,21H,13-18H2,1-2H3,(H,29,36)(H,30,37)(H,31,35). The Balaban J connectivity index is 1.18. The Morgan fingerprint density at radius 1 is 0.921 bits per heavy atom. The van der Waals surface area contributed by atoms with E-state index in [1.54, 1.807) is 31.4 Å². The molecule has 1 fully saturated rings. The topological polar surface area (TPSA) is 126 Å². The Kier molecular flexibility index (Phi) is 8.86.